The second-order valence-corrected chi connectivity index (χ2v) is 4.42. The molecule has 1 saturated heterocycles. The van der Waals surface area contributed by atoms with E-state index in [0.29, 0.717) is 5.75 Å². The zero-order valence-corrected chi connectivity index (χ0v) is 13.4. The minimum atomic E-state index is 0. The van der Waals surface area contributed by atoms with Crippen LogP contribution in [0.4, 0.5) is 0 Å². The van der Waals surface area contributed by atoms with E-state index in [1.165, 1.54) is 0 Å². The van der Waals surface area contributed by atoms with Crippen LogP contribution >= 0.6 is 0 Å². The van der Waals surface area contributed by atoms with Crippen LogP contribution < -0.4 is 0 Å². The molecule has 5 nitrogen and oxygen atoms in total. The summed E-state index contributed by atoms with van der Waals surface area (Å²) in [6.45, 7) is 5.39. The molecule has 3 rings (SSSR count). The molecule has 2 aromatic rings. The smallest absolute Gasteiger partial charge is 0.0396 e. The quantitative estimate of drug-likeness (QED) is 0.730. The van der Waals surface area contributed by atoms with Gasteiger partial charge in [0.05, 0.1) is 0 Å². The minimum absolute atomic E-state index is 0. The molecule has 0 unspecified atom stereocenters. The van der Waals surface area contributed by atoms with Crippen molar-refractivity contribution in [1.29, 1.82) is 0 Å². The van der Waals surface area contributed by atoms with Crippen LogP contribution in [-0.2, 0) is 16.8 Å². The number of phenolic OH excluding ortho intramolecular Hbond substituents is 1. The molecule has 0 aromatic heterocycles. The predicted octanol–water partition coefficient (Wildman–Crippen LogP) is 2.64. The summed E-state index contributed by atoms with van der Waals surface area (Å²) in [6.07, 6.45) is 0. The van der Waals surface area contributed by atoms with Gasteiger partial charge in [-0.25, -0.2) is 0 Å². The predicted molar refractivity (Wildman–Crippen MR) is 87.3 cm³/mol. The van der Waals surface area contributed by atoms with Gasteiger partial charge in [-0.1, -0.05) is 18.2 Å². The van der Waals surface area contributed by atoms with Gasteiger partial charge in [0, 0.05) is 22.5 Å². The molecule has 1 aliphatic rings. The maximum Gasteiger partial charge on any atom is 0.0396 e. The summed E-state index contributed by atoms with van der Waals surface area (Å²) in [5.41, 5.74) is 0. The first-order valence-electron chi connectivity index (χ1n) is 6.86. The number of nitrogens with zero attached hydrogens (tertiary/aromatic N) is 3. The average Bonchev–Trinajstić information content (AvgIpc) is 2.64. The van der Waals surface area contributed by atoms with E-state index in [1.807, 2.05) is 24.3 Å². The molecule has 0 amide bonds. The first-order valence-corrected chi connectivity index (χ1v) is 6.86. The van der Waals surface area contributed by atoms with E-state index in [9.17, 15) is 5.11 Å². The Bertz CT molecular complexity index is 492. The second kappa shape index (κ2) is 12.4. The van der Waals surface area contributed by atoms with Gasteiger partial charge in [0.25, 0.3) is 0 Å². The van der Waals surface area contributed by atoms with E-state index >= 15 is 0 Å². The van der Waals surface area contributed by atoms with E-state index in [0.717, 1.165) is 50.0 Å². The molecular weight excluding hydrogens is 325 g/mol. The number of benzene rings is 2. The molecule has 1 radical (unpaired) electrons. The molecular formula is C16H21CoN3O2-4. The van der Waals surface area contributed by atoms with Crippen molar-refractivity contribution in [3.63, 3.8) is 0 Å². The zero-order valence-electron chi connectivity index (χ0n) is 12.3. The molecule has 0 saturated carbocycles. The topological polar surface area (TPSA) is 94.0 Å². The summed E-state index contributed by atoms with van der Waals surface area (Å²) >= 11 is 0. The molecule has 125 valence electrons. The van der Waals surface area contributed by atoms with Crippen LogP contribution in [0.3, 0.4) is 0 Å². The van der Waals surface area contributed by atoms with Crippen LogP contribution in [0.15, 0.2) is 36.4 Å². The van der Waals surface area contributed by atoms with Crippen molar-refractivity contribution >= 4 is 10.8 Å². The Labute approximate surface area is 142 Å². The van der Waals surface area contributed by atoms with Crippen LogP contribution in [-0.4, -0.2) is 49.9 Å². The number of fused-ring (bicyclic) bond motifs is 1. The number of hydrogen-bond acceptors (Lipinski definition) is 1. The summed E-state index contributed by atoms with van der Waals surface area (Å²) in [5, 5.41) is 23.8. The number of aromatic hydroxyl groups is 1. The SMILES string of the molecule is C1C[N-]CC[N-]CC[N-]1.O.Oc1cccc2ccc[c-]c12.[Co]. The Morgan fingerprint density at radius 1 is 0.818 bits per heavy atom. The van der Waals surface area contributed by atoms with Gasteiger partial charge in [0.15, 0.2) is 0 Å². The van der Waals surface area contributed by atoms with E-state index in [1.54, 1.807) is 12.1 Å². The van der Waals surface area contributed by atoms with Gasteiger partial charge in [-0.3, -0.25) is 0 Å². The van der Waals surface area contributed by atoms with Crippen LogP contribution in [0.25, 0.3) is 26.7 Å². The van der Waals surface area contributed by atoms with Crippen molar-refractivity contribution in [2.45, 2.75) is 0 Å². The van der Waals surface area contributed by atoms with Crippen LogP contribution in [0.2, 0.25) is 0 Å². The van der Waals surface area contributed by atoms with Crippen LogP contribution in [0, 0.1) is 6.07 Å². The van der Waals surface area contributed by atoms with E-state index in [4.69, 9.17) is 0 Å². The number of phenols is 1. The van der Waals surface area contributed by atoms with Crippen molar-refractivity contribution in [1.82, 2.24) is 0 Å². The van der Waals surface area contributed by atoms with Crippen LogP contribution in [0.5, 0.6) is 5.75 Å². The summed E-state index contributed by atoms with van der Waals surface area (Å²) < 4.78 is 0. The van der Waals surface area contributed by atoms with Gasteiger partial charge in [-0.15, -0.1) is 35.0 Å². The Balaban J connectivity index is 0.000000374. The second-order valence-electron chi connectivity index (χ2n) is 4.42. The Morgan fingerprint density at radius 3 is 1.82 bits per heavy atom. The monoisotopic (exact) mass is 346 g/mol. The van der Waals surface area contributed by atoms with Crippen molar-refractivity contribution < 1.29 is 27.4 Å². The van der Waals surface area contributed by atoms with Crippen LogP contribution in [0.1, 0.15) is 0 Å². The van der Waals surface area contributed by atoms with Gasteiger partial charge in [0.1, 0.15) is 0 Å². The Morgan fingerprint density at radius 2 is 1.32 bits per heavy atom. The molecule has 1 fully saturated rings. The van der Waals surface area contributed by atoms with Crippen molar-refractivity contribution in [2.75, 3.05) is 39.3 Å². The zero-order chi connectivity index (χ0) is 14.0. The standard InChI is InChI=1S/C10H7O.C6H12N3.Co.H2O/c11-10-7-3-5-8-4-1-2-6-9(8)10;1-2-8-5-6-9-4-3-7-1;;/h1-5,7,11H;1-6H2;;1H2/q-1;-3;;. The van der Waals surface area contributed by atoms with Gasteiger partial charge >= 0.3 is 0 Å². The van der Waals surface area contributed by atoms with Crippen molar-refractivity contribution in [3.05, 3.63) is 58.4 Å². The first kappa shape index (κ1) is 20.8. The Kier molecular flexibility index (Phi) is 11.7. The van der Waals surface area contributed by atoms with E-state index in [-0.39, 0.29) is 22.3 Å². The molecule has 0 aliphatic carbocycles. The molecule has 1 aliphatic heterocycles. The third-order valence-electron chi connectivity index (χ3n) is 2.92. The average molecular weight is 346 g/mol. The van der Waals surface area contributed by atoms with Crippen molar-refractivity contribution in [2.24, 2.45) is 0 Å². The maximum atomic E-state index is 9.34. The summed E-state index contributed by atoms with van der Waals surface area (Å²) in [5.74, 6) is 0.295. The molecule has 2 aromatic carbocycles. The molecule has 6 heteroatoms. The molecule has 0 spiro atoms. The molecule has 22 heavy (non-hydrogen) atoms. The third kappa shape index (κ3) is 7.21. The van der Waals surface area contributed by atoms with Gasteiger partial charge < -0.3 is 26.5 Å². The molecule has 0 bridgehead atoms. The van der Waals surface area contributed by atoms with Crippen molar-refractivity contribution in [3.8, 4) is 5.75 Å². The molecule has 1 heterocycles. The normalized spacial score (nSPS) is 14.9. The van der Waals surface area contributed by atoms with E-state index < -0.39 is 0 Å². The number of rotatable bonds is 0. The van der Waals surface area contributed by atoms with E-state index in [2.05, 4.69) is 22.0 Å². The fourth-order valence-electron chi connectivity index (χ4n) is 1.90. The third-order valence-corrected chi connectivity index (χ3v) is 2.92. The van der Waals surface area contributed by atoms with Gasteiger partial charge in [0.2, 0.25) is 0 Å². The largest absolute Gasteiger partial charge is 0.665 e. The summed E-state index contributed by atoms with van der Waals surface area (Å²) in [4.78, 5) is 0. The summed E-state index contributed by atoms with van der Waals surface area (Å²) in [7, 11) is 0. The first-order chi connectivity index (χ1) is 9.88. The minimum Gasteiger partial charge on any atom is -0.665 e. The van der Waals surface area contributed by atoms with Gasteiger partial charge in [-0.05, 0) is 0 Å². The Hall–Kier alpha value is -1.15. The maximum absolute atomic E-state index is 9.34. The fourth-order valence-corrected chi connectivity index (χ4v) is 1.90. The summed E-state index contributed by atoms with van der Waals surface area (Å²) in [6, 6.07) is 14.1. The molecule has 3 N–H and O–H groups in total. The van der Waals surface area contributed by atoms with Gasteiger partial charge in [-0.2, -0.15) is 39.3 Å². The fraction of sp³-hybridized carbons (Fsp3) is 0.375. The number of hydrogen-bond donors (Lipinski definition) is 1. The molecule has 0 atom stereocenters.